The van der Waals surface area contributed by atoms with E-state index in [-0.39, 0.29) is 0 Å². The highest BCUT2D eigenvalue weighted by Gasteiger charge is 2.22. The van der Waals surface area contributed by atoms with Crippen molar-refractivity contribution in [1.82, 2.24) is 14.8 Å². The van der Waals surface area contributed by atoms with Crippen LogP contribution in [0.3, 0.4) is 0 Å². The first-order valence-electron chi connectivity index (χ1n) is 7.87. The summed E-state index contributed by atoms with van der Waals surface area (Å²) in [6, 6.07) is 5.98. The van der Waals surface area contributed by atoms with Gasteiger partial charge in [-0.25, -0.2) is 0 Å². The van der Waals surface area contributed by atoms with Crippen LogP contribution < -0.4 is 5.32 Å². The second-order valence-corrected chi connectivity index (χ2v) is 6.27. The van der Waals surface area contributed by atoms with E-state index in [0.29, 0.717) is 6.04 Å². The maximum Gasteiger partial charge on any atom is 0.0475 e. The fourth-order valence-corrected chi connectivity index (χ4v) is 3.62. The molecule has 0 spiro atoms. The SMILES string of the molecule is CC1CCCCN1Cc1ccc(C2CCCN2)n1C. The number of hydrogen-bond donors (Lipinski definition) is 1. The lowest BCUT2D eigenvalue weighted by Crippen LogP contribution is -2.37. The number of nitrogens with one attached hydrogen (secondary N) is 1. The van der Waals surface area contributed by atoms with Gasteiger partial charge in [0, 0.05) is 37.1 Å². The molecule has 3 rings (SSSR count). The van der Waals surface area contributed by atoms with E-state index in [1.807, 2.05) is 0 Å². The molecule has 2 saturated heterocycles. The fraction of sp³-hybridized carbons (Fsp3) is 0.750. The van der Waals surface area contributed by atoms with Crippen LogP contribution in [0.2, 0.25) is 0 Å². The van der Waals surface area contributed by atoms with Gasteiger partial charge in [-0.2, -0.15) is 0 Å². The Labute approximate surface area is 117 Å². The summed E-state index contributed by atoms with van der Waals surface area (Å²) < 4.78 is 2.42. The number of rotatable bonds is 3. The topological polar surface area (TPSA) is 20.2 Å². The lowest BCUT2D eigenvalue weighted by molar-refractivity contribution is 0.149. The third-order valence-electron chi connectivity index (χ3n) is 4.99. The van der Waals surface area contributed by atoms with Gasteiger partial charge in [0.1, 0.15) is 0 Å². The smallest absolute Gasteiger partial charge is 0.0475 e. The van der Waals surface area contributed by atoms with Gasteiger partial charge in [-0.1, -0.05) is 6.42 Å². The Morgan fingerprint density at radius 2 is 2.11 bits per heavy atom. The van der Waals surface area contributed by atoms with Gasteiger partial charge in [-0.3, -0.25) is 4.90 Å². The van der Waals surface area contributed by atoms with Crippen molar-refractivity contribution in [1.29, 1.82) is 0 Å². The van der Waals surface area contributed by atoms with E-state index in [4.69, 9.17) is 0 Å². The van der Waals surface area contributed by atoms with Crippen molar-refractivity contribution in [2.45, 2.75) is 57.7 Å². The standard InChI is InChI=1S/C16H27N3/c1-13-6-3-4-11-19(13)12-14-8-9-16(18(14)2)15-7-5-10-17-15/h8-9,13,15,17H,3-7,10-12H2,1-2H3. The Morgan fingerprint density at radius 3 is 2.84 bits per heavy atom. The zero-order valence-electron chi connectivity index (χ0n) is 12.4. The van der Waals surface area contributed by atoms with Crippen molar-refractivity contribution < 1.29 is 0 Å². The Morgan fingerprint density at radius 1 is 1.21 bits per heavy atom. The van der Waals surface area contributed by atoms with Crippen LogP contribution in [0, 0.1) is 0 Å². The zero-order chi connectivity index (χ0) is 13.2. The highest BCUT2D eigenvalue weighted by Crippen LogP contribution is 2.26. The summed E-state index contributed by atoms with van der Waals surface area (Å²) in [4.78, 5) is 2.64. The molecule has 0 amide bonds. The lowest BCUT2D eigenvalue weighted by Gasteiger charge is -2.33. The molecule has 1 aromatic heterocycles. The Bertz CT molecular complexity index is 418. The highest BCUT2D eigenvalue weighted by molar-refractivity contribution is 5.20. The first kappa shape index (κ1) is 13.2. The summed E-state index contributed by atoms with van der Waals surface area (Å²) in [5.41, 5.74) is 2.94. The minimum Gasteiger partial charge on any atom is -0.349 e. The summed E-state index contributed by atoms with van der Waals surface area (Å²) in [6.07, 6.45) is 6.74. The highest BCUT2D eigenvalue weighted by atomic mass is 15.2. The van der Waals surface area contributed by atoms with E-state index in [2.05, 4.69) is 40.9 Å². The molecule has 2 atom stereocenters. The number of piperidine rings is 1. The molecular formula is C16H27N3. The van der Waals surface area contributed by atoms with E-state index in [1.165, 1.54) is 56.6 Å². The van der Waals surface area contributed by atoms with Crippen LogP contribution in [0.25, 0.3) is 0 Å². The third-order valence-corrected chi connectivity index (χ3v) is 4.99. The molecule has 2 aliphatic heterocycles. The van der Waals surface area contributed by atoms with Crippen LogP contribution in [0.4, 0.5) is 0 Å². The van der Waals surface area contributed by atoms with E-state index >= 15 is 0 Å². The zero-order valence-corrected chi connectivity index (χ0v) is 12.4. The lowest BCUT2D eigenvalue weighted by atomic mass is 10.0. The number of nitrogens with zero attached hydrogens (tertiary/aromatic N) is 2. The molecule has 2 aliphatic rings. The molecule has 19 heavy (non-hydrogen) atoms. The van der Waals surface area contributed by atoms with Gasteiger partial charge in [-0.05, 0) is 57.8 Å². The molecule has 2 fully saturated rings. The summed E-state index contributed by atoms with van der Waals surface area (Å²) in [5, 5.41) is 3.61. The summed E-state index contributed by atoms with van der Waals surface area (Å²) in [5.74, 6) is 0. The number of hydrogen-bond acceptors (Lipinski definition) is 2. The van der Waals surface area contributed by atoms with Crippen LogP contribution in [0.1, 0.15) is 56.5 Å². The van der Waals surface area contributed by atoms with Crippen LogP contribution in [-0.2, 0) is 13.6 Å². The first-order valence-corrected chi connectivity index (χ1v) is 7.87. The van der Waals surface area contributed by atoms with Crippen LogP contribution in [-0.4, -0.2) is 28.6 Å². The molecule has 1 aromatic rings. The molecule has 0 bridgehead atoms. The molecule has 0 aliphatic carbocycles. The minimum absolute atomic E-state index is 0.581. The van der Waals surface area contributed by atoms with Gasteiger partial charge < -0.3 is 9.88 Å². The predicted octanol–water partition coefficient (Wildman–Crippen LogP) is 2.82. The van der Waals surface area contributed by atoms with E-state index in [1.54, 1.807) is 0 Å². The summed E-state index contributed by atoms with van der Waals surface area (Å²) in [7, 11) is 2.24. The molecule has 0 radical (unpaired) electrons. The number of likely N-dealkylation sites (tertiary alicyclic amines) is 1. The van der Waals surface area contributed by atoms with Crippen molar-refractivity contribution in [2.24, 2.45) is 7.05 Å². The van der Waals surface area contributed by atoms with Crippen molar-refractivity contribution >= 4 is 0 Å². The average molecular weight is 261 g/mol. The van der Waals surface area contributed by atoms with Crippen LogP contribution >= 0.6 is 0 Å². The van der Waals surface area contributed by atoms with E-state index < -0.39 is 0 Å². The van der Waals surface area contributed by atoms with Gasteiger partial charge in [0.25, 0.3) is 0 Å². The van der Waals surface area contributed by atoms with Crippen LogP contribution in [0.5, 0.6) is 0 Å². The van der Waals surface area contributed by atoms with Crippen LogP contribution in [0.15, 0.2) is 12.1 Å². The second-order valence-electron chi connectivity index (χ2n) is 6.27. The maximum atomic E-state index is 3.61. The molecule has 0 saturated carbocycles. The Balaban J connectivity index is 1.70. The fourth-order valence-electron chi connectivity index (χ4n) is 3.62. The Kier molecular flexibility index (Phi) is 3.94. The molecule has 3 heterocycles. The molecule has 3 heteroatoms. The molecule has 1 N–H and O–H groups in total. The van der Waals surface area contributed by atoms with Gasteiger partial charge in [0.2, 0.25) is 0 Å². The second kappa shape index (κ2) is 5.68. The van der Waals surface area contributed by atoms with E-state index in [0.717, 1.165) is 12.6 Å². The monoisotopic (exact) mass is 261 g/mol. The van der Waals surface area contributed by atoms with Gasteiger partial charge in [0.05, 0.1) is 0 Å². The summed E-state index contributed by atoms with van der Waals surface area (Å²) in [6.45, 7) is 5.93. The molecule has 3 nitrogen and oxygen atoms in total. The van der Waals surface area contributed by atoms with Crippen molar-refractivity contribution in [3.8, 4) is 0 Å². The maximum absolute atomic E-state index is 3.61. The van der Waals surface area contributed by atoms with Gasteiger partial charge in [0.15, 0.2) is 0 Å². The predicted molar refractivity (Wildman–Crippen MR) is 79.1 cm³/mol. The normalized spacial score (nSPS) is 28.9. The van der Waals surface area contributed by atoms with Crippen molar-refractivity contribution in [3.63, 3.8) is 0 Å². The largest absolute Gasteiger partial charge is 0.349 e. The average Bonchev–Trinajstić information content (AvgIpc) is 3.03. The first-order chi connectivity index (χ1) is 9.25. The third kappa shape index (κ3) is 2.72. The van der Waals surface area contributed by atoms with Crippen molar-refractivity contribution in [3.05, 3.63) is 23.5 Å². The Hall–Kier alpha value is -0.800. The quantitative estimate of drug-likeness (QED) is 0.903. The van der Waals surface area contributed by atoms with Gasteiger partial charge >= 0.3 is 0 Å². The molecule has 2 unspecified atom stereocenters. The van der Waals surface area contributed by atoms with Crippen molar-refractivity contribution in [2.75, 3.05) is 13.1 Å². The minimum atomic E-state index is 0.581. The molecule has 106 valence electrons. The number of aromatic nitrogens is 1. The molecule has 0 aromatic carbocycles. The summed E-state index contributed by atoms with van der Waals surface area (Å²) >= 11 is 0. The molecular weight excluding hydrogens is 234 g/mol. The van der Waals surface area contributed by atoms with E-state index in [9.17, 15) is 0 Å². The van der Waals surface area contributed by atoms with Gasteiger partial charge in [-0.15, -0.1) is 0 Å².